The molecule has 1 aliphatic heterocycles. The molecule has 0 unspecified atom stereocenters. The van der Waals surface area contributed by atoms with Gasteiger partial charge in [-0.1, -0.05) is 11.6 Å². The van der Waals surface area contributed by atoms with E-state index in [2.05, 4.69) is 55.8 Å². The minimum atomic E-state index is 0.621. The quantitative estimate of drug-likeness (QED) is 0.837. The summed E-state index contributed by atoms with van der Waals surface area (Å²) in [6.45, 7) is 10.9. The zero-order valence-corrected chi connectivity index (χ0v) is 12.9. The maximum Gasteiger partial charge on any atom is 0.134 e. The highest BCUT2D eigenvalue weighted by Gasteiger charge is 2.22. The Bertz CT molecular complexity index is 617. The van der Waals surface area contributed by atoms with Gasteiger partial charge in [-0.05, 0) is 45.5 Å². The summed E-state index contributed by atoms with van der Waals surface area (Å²) in [5.74, 6) is 1.13. The van der Waals surface area contributed by atoms with Crippen LogP contribution in [0.3, 0.4) is 0 Å². The Labute approximate surface area is 121 Å². The highest BCUT2D eigenvalue weighted by atomic mass is 16.3. The Morgan fingerprint density at radius 1 is 1.25 bits per heavy atom. The molecule has 108 valence electrons. The molecule has 1 fully saturated rings. The van der Waals surface area contributed by atoms with Gasteiger partial charge in [-0.25, -0.2) is 0 Å². The fourth-order valence-corrected chi connectivity index (χ4v) is 3.01. The molecule has 0 saturated carbocycles. The lowest BCUT2D eigenvalue weighted by Crippen LogP contribution is -2.49. The van der Waals surface area contributed by atoms with Crippen LogP contribution in [-0.2, 0) is 6.54 Å². The van der Waals surface area contributed by atoms with Gasteiger partial charge in [0, 0.05) is 31.1 Å². The first-order valence-electron chi connectivity index (χ1n) is 7.46. The van der Waals surface area contributed by atoms with Crippen LogP contribution >= 0.6 is 0 Å². The maximum atomic E-state index is 6.06. The van der Waals surface area contributed by atoms with Gasteiger partial charge in [0.1, 0.15) is 11.3 Å². The van der Waals surface area contributed by atoms with Crippen LogP contribution in [0.1, 0.15) is 23.8 Å². The number of hydrogen-bond donors (Lipinski definition) is 0. The lowest BCUT2D eigenvalue weighted by Gasteiger charge is -2.37. The third kappa shape index (κ3) is 2.48. The number of piperazine rings is 1. The SMILES string of the molecule is Cc1ccc2oc(CN3CCN(C)[C@@H](C)C3)c(C)c2c1. The van der Waals surface area contributed by atoms with Crippen LogP contribution in [0.25, 0.3) is 11.0 Å². The van der Waals surface area contributed by atoms with Gasteiger partial charge in [-0.2, -0.15) is 0 Å². The van der Waals surface area contributed by atoms with E-state index in [4.69, 9.17) is 4.42 Å². The molecule has 0 spiro atoms. The standard InChI is InChI=1S/C17H24N2O/c1-12-5-6-16-15(9-12)14(3)17(20-16)11-19-8-7-18(4)13(2)10-19/h5-6,9,13H,7-8,10-11H2,1-4H3/t13-/m0/s1. The zero-order valence-electron chi connectivity index (χ0n) is 12.9. The largest absolute Gasteiger partial charge is 0.459 e. The summed E-state index contributed by atoms with van der Waals surface area (Å²) in [7, 11) is 2.21. The van der Waals surface area contributed by atoms with Gasteiger partial charge in [0.25, 0.3) is 0 Å². The molecular formula is C17H24N2O. The van der Waals surface area contributed by atoms with Crippen molar-refractivity contribution in [1.29, 1.82) is 0 Å². The van der Waals surface area contributed by atoms with Gasteiger partial charge >= 0.3 is 0 Å². The van der Waals surface area contributed by atoms with E-state index in [-0.39, 0.29) is 0 Å². The van der Waals surface area contributed by atoms with Gasteiger partial charge in [-0.3, -0.25) is 4.90 Å². The third-order valence-electron chi connectivity index (χ3n) is 4.60. The van der Waals surface area contributed by atoms with E-state index in [1.807, 2.05) is 0 Å². The average Bonchev–Trinajstić information content (AvgIpc) is 2.71. The molecule has 20 heavy (non-hydrogen) atoms. The minimum absolute atomic E-state index is 0.621. The number of likely N-dealkylation sites (N-methyl/N-ethyl adjacent to an activating group) is 1. The second kappa shape index (κ2) is 5.23. The van der Waals surface area contributed by atoms with E-state index in [9.17, 15) is 0 Å². The highest BCUT2D eigenvalue weighted by molar-refractivity contribution is 5.82. The van der Waals surface area contributed by atoms with Crippen molar-refractivity contribution in [2.24, 2.45) is 0 Å². The van der Waals surface area contributed by atoms with Crippen molar-refractivity contribution in [2.45, 2.75) is 33.4 Å². The Morgan fingerprint density at radius 3 is 2.80 bits per heavy atom. The van der Waals surface area contributed by atoms with Crippen LogP contribution in [0.15, 0.2) is 22.6 Å². The molecule has 3 nitrogen and oxygen atoms in total. The van der Waals surface area contributed by atoms with Crippen molar-refractivity contribution in [3.05, 3.63) is 35.1 Å². The number of aryl methyl sites for hydroxylation is 2. The summed E-state index contributed by atoms with van der Waals surface area (Å²) in [4.78, 5) is 4.92. The average molecular weight is 272 g/mol. The molecule has 1 aromatic heterocycles. The predicted molar refractivity (Wildman–Crippen MR) is 83.1 cm³/mol. The molecule has 1 aromatic carbocycles. The molecule has 0 aliphatic carbocycles. The normalized spacial score (nSPS) is 21.7. The van der Waals surface area contributed by atoms with Gasteiger partial charge < -0.3 is 9.32 Å². The minimum Gasteiger partial charge on any atom is -0.459 e. The molecule has 1 aliphatic rings. The van der Waals surface area contributed by atoms with Crippen molar-refractivity contribution in [3.63, 3.8) is 0 Å². The number of fused-ring (bicyclic) bond motifs is 1. The summed E-state index contributed by atoms with van der Waals surface area (Å²) < 4.78 is 6.06. The number of nitrogens with zero attached hydrogens (tertiary/aromatic N) is 2. The lowest BCUT2D eigenvalue weighted by molar-refractivity contribution is 0.0949. The first kappa shape index (κ1) is 13.7. The maximum absolute atomic E-state index is 6.06. The van der Waals surface area contributed by atoms with Crippen LogP contribution in [0.2, 0.25) is 0 Å². The predicted octanol–water partition coefficient (Wildman–Crippen LogP) is 3.19. The monoisotopic (exact) mass is 272 g/mol. The van der Waals surface area contributed by atoms with E-state index >= 15 is 0 Å². The summed E-state index contributed by atoms with van der Waals surface area (Å²) in [6, 6.07) is 7.06. The van der Waals surface area contributed by atoms with Gasteiger partial charge in [-0.15, -0.1) is 0 Å². The Balaban J connectivity index is 1.82. The first-order valence-corrected chi connectivity index (χ1v) is 7.46. The van der Waals surface area contributed by atoms with Gasteiger partial charge in [0.15, 0.2) is 0 Å². The molecule has 0 amide bonds. The van der Waals surface area contributed by atoms with Crippen molar-refractivity contribution in [3.8, 4) is 0 Å². The molecule has 0 radical (unpaired) electrons. The van der Waals surface area contributed by atoms with Crippen LogP contribution in [0.5, 0.6) is 0 Å². The van der Waals surface area contributed by atoms with Gasteiger partial charge in [0.2, 0.25) is 0 Å². The molecule has 3 rings (SSSR count). The summed E-state index contributed by atoms with van der Waals surface area (Å²) in [6.07, 6.45) is 0. The summed E-state index contributed by atoms with van der Waals surface area (Å²) >= 11 is 0. The van der Waals surface area contributed by atoms with Crippen LogP contribution in [0, 0.1) is 13.8 Å². The Morgan fingerprint density at radius 2 is 2.05 bits per heavy atom. The number of benzene rings is 1. The molecule has 0 N–H and O–H groups in total. The van der Waals surface area contributed by atoms with Gasteiger partial charge in [0.05, 0.1) is 6.54 Å². The van der Waals surface area contributed by atoms with E-state index in [0.717, 1.165) is 37.5 Å². The fourth-order valence-electron chi connectivity index (χ4n) is 3.01. The van der Waals surface area contributed by atoms with Crippen molar-refractivity contribution < 1.29 is 4.42 Å². The van der Waals surface area contributed by atoms with Crippen LogP contribution in [-0.4, -0.2) is 42.5 Å². The third-order valence-corrected chi connectivity index (χ3v) is 4.60. The highest BCUT2D eigenvalue weighted by Crippen LogP contribution is 2.27. The second-order valence-electron chi connectivity index (χ2n) is 6.21. The smallest absolute Gasteiger partial charge is 0.134 e. The topological polar surface area (TPSA) is 19.6 Å². The van der Waals surface area contributed by atoms with Crippen molar-refractivity contribution in [1.82, 2.24) is 9.80 Å². The Kier molecular flexibility index (Phi) is 3.57. The Hall–Kier alpha value is -1.32. The first-order chi connectivity index (χ1) is 9.54. The molecule has 1 atom stereocenters. The number of rotatable bonds is 2. The number of hydrogen-bond acceptors (Lipinski definition) is 3. The fraction of sp³-hybridized carbons (Fsp3) is 0.529. The molecular weight excluding hydrogens is 248 g/mol. The van der Waals surface area contributed by atoms with Crippen molar-refractivity contribution in [2.75, 3.05) is 26.7 Å². The zero-order chi connectivity index (χ0) is 14.3. The summed E-state index contributed by atoms with van der Waals surface area (Å²) in [5, 5.41) is 1.27. The van der Waals surface area contributed by atoms with Crippen LogP contribution in [0.4, 0.5) is 0 Å². The lowest BCUT2D eigenvalue weighted by atomic mass is 10.1. The molecule has 2 aromatic rings. The van der Waals surface area contributed by atoms with E-state index in [1.54, 1.807) is 0 Å². The van der Waals surface area contributed by atoms with Crippen molar-refractivity contribution >= 4 is 11.0 Å². The van der Waals surface area contributed by atoms with E-state index in [1.165, 1.54) is 16.5 Å². The van der Waals surface area contributed by atoms with E-state index < -0.39 is 0 Å². The summed E-state index contributed by atoms with van der Waals surface area (Å²) in [5.41, 5.74) is 3.61. The van der Waals surface area contributed by atoms with E-state index in [0.29, 0.717) is 6.04 Å². The molecule has 1 saturated heterocycles. The molecule has 2 heterocycles. The number of furan rings is 1. The van der Waals surface area contributed by atoms with Crippen LogP contribution < -0.4 is 0 Å². The molecule has 3 heteroatoms. The molecule has 0 bridgehead atoms. The second-order valence-corrected chi connectivity index (χ2v) is 6.21.